The number of hydrogen-bond acceptors (Lipinski definition) is 5. The van der Waals surface area contributed by atoms with Crippen molar-refractivity contribution in [3.05, 3.63) is 36.2 Å². The Hall–Kier alpha value is -2.70. The zero-order valence-corrected chi connectivity index (χ0v) is 10.8. The topological polar surface area (TPSA) is 88.9 Å². The van der Waals surface area contributed by atoms with Gasteiger partial charge in [0.25, 0.3) is 5.91 Å². The van der Waals surface area contributed by atoms with E-state index in [-0.39, 0.29) is 18.2 Å². The van der Waals surface area contributed by atoms with Crippen LogP contribution >= 0.6 is 0 Å². The first-order valence-corrected chi connectivity index (χ1v) is 6.21. The molecule has 7 heteroatoms. The molecule has 0 unspecified atom stereocenters. The van der Waals surface area contributed by atoms with Gasteiger partial charge in [-0.3, -0.25) is 9.59 Å². The molecule has 1 aromatic carbocycles. The van der Waals surface area contributed by atoms with Crippen LogP contribution < -0.4 is 10.6 Å². The lowest BCUT2D eigenvalue weighted by atomic mass is 10.1. The van der Waals surface area contributed by atoms with Crippen molar-refractivity contribution in [1.82, 2.24) is 14.8 Å². The van der Waals surface area contributed by atoms with E-state index >= 15 is 0 Å². The van der Waals surface area contributed by atoms with Crippen LogP contribution in [-0.2, 0) is 4.79 Å². The summed E-state index contributed by atoms with van der Waals surface area (Å²) in [5.41, 5.74) is 1.70. The molecule has 1 amide bonds. The molecule has 1 aliphatic rings. The molecule has 1 atom stereocenters. The first-order valence-electron chi connectivity index (χ1n) is 6.21. The van der Waals surface area contributed by atoms with Gasteiger partial charge in [0, 0.05) is 5.69 Å². The molecule has 0 bridgehead atoms. The summed E-state index contributed by atoms with van der Waals surface area (Å²) in [4.78, 5) is 27.9. The first-order chi connectivity index (χ1) is 9.65. The second-order valence-electron chi connectivity index (χ2n) is 4.59. The molecule has 0 saturated heterocycles. The van der Waals surface area contributed by atoms with Gasteiger partial charge in [-0.25, -0.2) is 0 Å². The van der Waals surface area contributed by atoms with E-state index in [1.54, 1.807) is 0 Å². The highest BCUT2D eigenvalue weighted by atomic mass is 16.2. The molecule has 3 rings (SSSR count). The summed E-state index contributed by atoms with van der Waals surface area (Å²) in [7, 11) is 0. The molecule has 7 nitrogen and oxygen atoms in total. The van der Waals surface area contributed by atoms with Crippen LogP contribution in [0.2, 0.25) is 0 Å². The summed E-state index contributed by atoms with van der Waals surface area (Å²) in [6, 6.07) is 6.83. The predicted octanol–water partition coefficient (Wildman–Crippen LogP) is 1.05. The van der Waals surface area contributed by atoms with Gasteiger partial charge in [0.2, 0.25) is 11.9 Å². The Morgan fingerprint density at radius 3 is 3.05 bits per heavy atom. The van der Waals surface area contributed by atoms with Crippen LogP contribution in [0.15, 0.2) is 30.6 Å². The number of carbonyl (C=O) groups excluding carboxylic acids is 2. The minimum atomic E-state index is -0.640. The number of para-hydroxylation sites is 1. The van der Waals surface area contributed by atoms with Crippen LogP contribution in [0.25, 0.3) is 0 Å². The third kappa shape index (κ3) is 2.13. The molecule has 102 valence electrons. The lowest BCUT2D eigenvalue weighted by Gasteiger charge is -2.22. The Labute approximate surface area is 115 Å². The third-order valence-corrected chi connectivity index (χ3v) is 3.19. The van der Waals surface area contributed by atoms with E-state index in [1.165, 1.54) is 6.33 Å². The molecule has 2 N–H and O–H groups in total. The van der Waals surface area contributed by atoms with Gasteiger partial charge in [0.1, 0.15) is 12.4 Å². The number of aromatic nitrogens is 3. The number of benzene rings is 1. The molecule has 0 saturated carbocycles. The number of aryl methyl sites for hydroxylation is 1. The molecule has 20 heavy (non-hydrogen) atoms. The van der Waals surface area contributed by atoms with Crippen LogP contribution in [0.1, 0.15) is 16.8 Å². The van der Waals surface area contributed by atoms with Crippen LogP contribution in [-0.4, -0.2) is 32.6 Å². The lowest BCUT2D eigenvalue weighted by Crippen LogP contribution is -2.42. The van der Waals surface area contributed by atoms with Gasteiger partial charge in [-0.2, -0.15) is 14.8 Å². The molecule has 1 aromatic heterocycles. The van der Waals surface area contributed by atoms with Crippen LogP contribution in [0, 0.1) is 6.92 Å². The average Bonchev–Trinajstić information content (AvgIpc) is 2.90. The summed E-state index contributed by atoms with van der Waals surface area (Å²) >= 11 is 0. The zero-order chi connectivity index (χ0) is 14.1. The van der Waals surface area contributed by atoms with Crippen molar-refractivity contribution in [2.45, 2.75) is 19.4 Å². The predicted molar refractivity (Wildman–Crippen MR) is 72.5 cm³/mol. The highest BCUT2D eigenvalue weighted by Crippen LogP contribution is 2.18. The average molecular weight is 271 g/mol. The fraction of sp³-hybridized carbons (Fsp3) is 0.231. The number of carbonyl (C=O) groups is 2. The van der Waals surface area contributed by atoms with Gasteiger partial charge < -0.3 is 10.6 Å². The van der Waals surface area contributed by atoms with Gasteiger partial charge in [0.05, 0.1) is 6.42 Å². The van der Waals surface area contributed by atoms with Crippen molar-refractivity contribution in [2.24, 2.45) is 0 Å². The fourth-order valence-electron chi connectivity index (χ4n) is 2.08. The third-order valence-electron chi connectivity index (χ3n) is 3.19. The molecule has 0 radical (unpaired) electrons. The molecular weight excluding hydrogens is 258 g/mol. The smallest absolute Gasteiger partial charge is 0.252 e. The Morgan fingerprint density at radius 1 is 1.45 bits per heavy atom. The summed E-state index contributed by atoms with van der Waals surface area (Å²) in [6.45, 7) is 1.91. The standard InChI is InChI=1S/C13H13N5O2/c1-8-4-2-3-5-9(8)16-12(20)10-6-11(19)18-13(17-10)14-7-15-18/h2-5,7,10H,6H2,1H3,(H,16,20)(H,14,15,17)/t10-/m0/s1. The summed E-state index contributed by atoms with van der Waals surface area (Å²) in [6.07, 6.45) is 1.33. The number of rotatable bonds is 2. The monoisotopic (exact) mass is 271 g/mol. The molecular formula is C13H13N5O2. The highest BCUT2D eigenvalue weighted by Gasteiger charge is 2.30. The van der Waals surface area contributed by atoms with E-state index < -0.39 is 6.04 Å². The van der Waals surface area contributed by atoms with E-state index in [0.29, 0.717) is 5.95 Å². The van der Waals surface area contributed by atoms with E-state index in [9.17, 15) is 9.59 Å². The van der Waals surface area contributed by atoms with Crippen molar-refractivity contribution in [3.8, 4) is 0 Å². The van der Waals surface area contributed by atoms with Gasteiger partial charge in [-0.1, -0.05) is 18.2 Å². The van der Waals surface area contributed by atoms with Gasteiger partial charge in [-0.15, -0.1) is 0 Å². The minimum Gasteiger partial charge on any atom is -0.342 e. The molecule has 0 fully saturated rings. The Kier molecular flexibility index (Phi) is 2.94. The second kappa shape index (κ2) is 4.76. The zero-order valence-electron chi connectivity index (χ0n) is 10.8. The fourth-order valence-corrected chi connectivity index (χ4v) is 2.08. The first kappa shape index (κ1) is 12.3. The Balaban J connectivity index is 1.76. The Bertz CT molecular complexity index is 679. The SMILES string of the molecule is Cc1ccccc1NC(=O)[C@@H]1CC(=O)n2ncnc2N1. The van der Waals surface area contributed by atoms with Gasteiger partial charge in [-0.05, 0) is 18.6 Å². The maximum atomic E-state index is 12.2. The summed E-state index contributed by atoms with van der Waals surface area (Å²) in [5.74, 6) is -0.214. The second-order valence-corrected chi connectivity index (χ2v) is 4.59. The molecule has 2 heterocycles. The number of anilines is 2. The maximum absolute atomic E-state index is 12.2. The van der Waals surface area contributed by atoms with E-state index in [2.05, 4.69) is 20.7 Å². The molecule has 1 aliphatic heterocycles. The largest absolute Gasteiger partial charge is 0.342 e. The van der Waals surface area contributed by atoms with Gasteiger partial charge in [0.15, 0.2) is 0 Å². The van der Waals surface area contributed by atoms with E-state index in [4.69, 9.17) is 0 Å². The van der Waals surface area contributed by atoms with Crippen LogP contribution in [0.5, 0.6) is 0 Å². The molecule has 0 aliphatic carbocycles. The highest BCUT2D eigenvalue weighted by molar-refractivity contribution is 6.01. The van der Waals surface area contributed by atoms with Crippen molar-refractivity contribution < 1.29 is 9.59 Å². The van der Waals surface area contributed by atoms with E-state index in [1.807, 2.05) is 31.2 Å². The number of nitrogens with zero attached hydrogens (tertiary/aromatic N) is 3. The molecule has 2 aromatic rings. The number of amides is 1. The summed E-state index contributed by atoms with van der Waals surface area (Å²) in [5, 5.41) is 9.51. The quantitative estimate of drug-likeness (QED) is 0.852. The van der Waals surface area contributed by atoms with Crippen LogP contribution in [0.4, 0.5) is 11.6 Å². The Morgan fingerprint density at radius 2 is 2.25 bits per heavy atom. The number of hydrogen-bond donors (Lipinski definition) is 2. The molecule has 0 spiro atoms. The normalized spacial score (nSPS) is 17.2. The van der Waals surface area contributed by atoms with Crippen molar-refractivity contribution in [3.63, 3.8) is 0 Å². The maximum Gasteiger partial charge on any atom is 0.252 e. The van der Waals surface area contributed by atoms with E-state index in [0.717, 1.165) is 15.9 Å². The summed E-state index contributed by atoms with van der Waals surface area (Å²) < 4.78 is 1.16. The van der Waals surface area contributed by atoms with Crippen molar-refractivity contribution in [2.75, 3.05) is 10.6 Å². The lowest BCUT2D eigenvalue weighted by molar-refractivity contribution is -0.117. The van der Waals surface area contributed by atoms with Gasteiger partial charge >= 0.3 is 0 Å². The van der Waals surface area contributed by atoms with Crippen molar-refractivity contribution in [1.29, 1.82) is 0 Å². The minimum absolute atomic E-state index is 0.0497. The van der Waals surface area contributed by atoms with Crippen molar-refractivity contribution >= 4 is 23.5 Å². The van der Waals surface area contributed by atoms with Crippen LogP contribution in [0.3, 0.4) is 0 Å². The number of fused-ring (bicyclic) bond motifs is 1. The number of nitrogens with one attached hydrogen (secondary N) is 2.